The van der Waals surface area contributed by atoms with Crippen molar-refractivity contribution in [1.82, 2.24) is 10.2 Å². The molecule has 1 fully saturated rings. The fraction of sp³-hybridized carbons (Fsp3) is 0.875. The number of hydrogen-bond donors (Lipinski definition) is 1. The molecule has 1 amide bonds. The van der Waals surface area contributed by atoms with Crippen LogP contribution in [0.4, 0.5) is 0 Å². The van der Waals surface area contributed by atoms with Gasteiger partial charge in [-0.3, -0.25) is 4.79 Å². The summed E-state index contributed by atoms with van der Waals surface area (Å²) in [7, 11) is 1.87. The van der Waals surface area contributed by atoms with Gasteiger partial charge in [0.25, 0.3) is 0 Å². The summed E-state index contributed by atoms with van der Waals surface area (Å²) in [6.45, 7) is 3.83. The number of likely N-dealkylation sites (N-methyl/N-ethyl adjacent to an activating group) is 1. The number of carbonyl (C=O) groups is 1. The third-order valence-corrected chi connectivity index (χ3v) is 2.18. The van der Waals surface area contributed by atoms with Crippen LogP contribution in [0.2, 0.25) is 0 Å². The molecule has 0 unspecified atom stereocenters. The Morgan fingerprint density at radius 2 is 2.45 bits per heavy atom. The maximum atomic E-state index is 11.2. The first-order valence-electron chi connectivity index (χ1n) is 4.21. The first-order valence-corrected chi connectivity index (χ1v) is 4.21. The molecule has 11 heavy (non-hydrogen) atoms. The largest absolute Gasteiger partial charge is 0.344 e. The van der Waals surface area contributed by atoms with Gasteiger partial charge < -0.3 is 10.2 Å². The summed E-state index contributed by atoms with van der Waals surface area (Å²) in [4.78, 5) is 13.0. The summed E-state index contributed by atoms with van der Waals surface area (Å²) in [5.74, 6) is 0.258. The molecule has 1 saturated heterocycles. The third kappa shape index (κ3) is 2.19. The van der Waals surface area contributed by atoms with E-state index in [2.05, 4.69) is 12.2 Å². The minimum atomic E-state index is 0.258. The Morgan fingerprint density at radius 1 is 1.73 bits per heavy atom. The summed E-state index contributed by atoms with van der Waals surface area (Å²) in [5, 5.41) is 3.33. The van der Waals surface area contributed by atoms with E-state index in [0.29, 0.717) is 12.5 Å². The highest BCUT2D eigenvalue weighted by Crippen LogP contribution is 2.01. The van der Waals surface area contributed by atoms with E-state index in [1.54, 1.807) is 0 Å². The van der Waals surface area contributed by atoms with Crippen molar-refractivity contribution < 1.29 is 4.79 Å². The van der Waals surface area contributed by atoms with Crippen molar-refractivity contribution in [2.45, 2.75) is 25.8 Å². The highest BCUT2D eigenvalue weighted by Gasteiger charge is 2.17. The van der Waals surface area contributed by atoms with Crippen LogP contribution in [0.1, 0.15) is 19.8 Å². The molecule has 0 aromatic rings. The first kappa shape index (κ1) is 8.53. The van der Waals surface area contributed by atoms with E-state index in [9.17, 15) is 4.79 Å². The number of nitrogens with one attached hydrogen (secondary N) is 1. The molecular weight excluding hydrogens is 140 g/mol. The molecular formula is C8H16N2O. The van der Waals surface area contributed by atoms with Crippen LogP contribution in [0.25, 0.3) is 0 Å². The van der Waals surface area contributed by atoms with Crippen molar-refractivity contribution in [2.24, 2.45) is 0 Å². The topological polar surface area (TPSA) is 32.3 Å². The van der Waals surface area contributed by atoms with Crippen molar-refractivity contribution in [3.8, 4) is 0 Å². The van der Waals surface area contributed by atoms with Gasteiger partial charge in [0.05, 0.1) is 0 Å². The molecule has 0 radical (unpaired) electrons. The SMILES string of the molecule is CC[C@@H]1CN(C)C(=O)CCN1. The summed E-state index contributed by atoms with van der Waals surface area (Å²) < 4.78 is 0. The molecule has 0 aromatic carbocycles. The molecule has 64 valence electrons. The molecule has 0 bridgehead atoms. The molecule has 3 heteroatoms. The lowest BCUT2D eigenvalue weighted by Crippen LogP contribution is -2.36. The lowest BCUT2D eigenvalue weighted by Gasteiger charge is -2.18. The fourth-order valence-corrected chi connectivity index (χ4v) is 1.34. The second-order valence-electron chi connectivity index (χ2n) is 3.08. The lowest BCUT2D eigenvalue weighted by molar-refractivity contribution is -0.129. The van der Waals surface area contributed by atoms with Crippen LogP contribution in [-0.4, -0.2) is 37.0 Å². The van der Waals surface area contributed by atoms with Gasteiger partial charge in [-0.15, -0.1) is 0 Å². The van der Waals surface area contributed by atoms with Crippen LogP contribution in [0.15, 0.2) is 0 Å². The average molecular weight is 156 g/mol. The zero-order valence-electron chi connectivity index (χ0n) is 7.26. The number of rotatable bonds is 1. The van der Waals surface area contributed by atoms with Crippen molar-refractivity contribution in [3.63, 3.8) is 0 Å². The van der Waals surface area contributed by atoms with Gasteiger partial charge >= 0.3 is 0 Å². The Kier molecular flexibility index (Phi) is 2.88. The number of amides is 1. The quantitative estimate of drug-likeness (QED) is 0.589. The zero-order valence-corrected chi connectivity index (χ0v) is 7.26. The molecule has 1 atom stereocenters. The second kappa shape index (κ2) is 3.72. The minimum Gasteiger partial charge on any atom is -0.344 e. The molecule has 0 saturated carbocycles. The Balaban J connectivity index is 2.48. The maximum absolute atomic E-state index is 11.2. The van der Waals surface area contributed by atoms with Crippen LogP contribution < -0.4 is 5.32 Å². The molecule has 0 aliphatic carbocycles. The van der Waals surface area contributed by atoms with Gasteiger partial charge in [0, 0.05) is 32.6 Å². The van der Waals surface area contributed by atoms with Crippen molar-refractivity contribution in [3.05, 3.63) is 0 Å². The van der Waals surface area contributed by atoms with Gasteiger partial charge in [-0.25, -0.2) is 0 Å². The predicted molar refractivity (Wildman–Crippen MR) is 44.3 cm³/mol. The van der Waals surface area contributed by atoms with Gasteiger partial charge in [0.15, 0.2) is 0 Å². The third-order valence-electron chi connectivity index (χ3n) is 2.18. The Labute approximate surface area is 67.8 Å². The summed E-state index contributed by atoms with van der Waals surface area (Å²) in [6.07, 6.45) is 1.74. The zero-order chi connectivity index (χ0) is 8.27. The van der Waals surface area contributed by atoms with Crippen molar-refractivity contribution >= 4 is 5.91 Å². The Morgan fingerprint density at radius 3 is 3.09 bits per heavy atom. The maximum Gasteiger partial charge on any atom is 0.223 e. The van der Waals surface area contributed by atoms with Crippen LogP contribution in [0, 0.1) is 0 Å². The molecule has 0 spiro atoms. The number of hydrogen-bond acceptors (Lipinski definition) is 2. The monoisotopic (exact) mass is 156 g/mol. The Bertz CT molecular complexity index is 147. The first-order chi connectivity index (χ1) is 5.24. The van der Waals surface area contributed by atoms with Crippen molar-refractivity contribution in [1.29, 1.82) is 0 Å². The van der Waals surface area contributed by atoms with E-state index in [0.717, 1.165) is 19.5 Å². The molecule has 1 aliphatic rings. The summed E-state index contributed by atoms with van der Waals surface area (Å²) in [6, 6.07) is 0.492. The molecule has 3 nitrogen and oxygen atoms in total. The van der Waals surface area contributed by atoms with Crippen LogP contribution in [0.5, 0.6) is 0 Å². The van der Waals surface area contributed by atoms with Crippen LogP contribution in [0.3, 0.4) is 0 Å². The van der Waals surface area contributed by atoms with Crippen molar-refractivity contribution in [2.75, 3.05) is 20.1 Å². The smallest absolute Gasteiger partial charge is 0.223 e. The van der Waals surface area contributed by atoms with Crippen LogP contribution >= 0.6 is 0 Å². The average Bonchev–Trinajstić information content (AvgIpc) is 2.15. The summed E-state index contributed by atoms with van der Waals surface area (Å²) >= 11 is 0. The molecule has 1 aliphatic heterocycles. The normalized spacial score (nSPS) is 26.9. The lowest BCUT2D eigenvalue weighted by atomic mass is 10.2. The molecule has 1 rings (SSSR count). The van der Waals surface area contributed by atoms with E-state index < -0.39 is 0 Å². The second-order valence-corrected chi connectivity index (χ2v) is 3.08. The molecule has 1 heterocycles. The van der Waals surface area contributed by atoms with Gasteiger partial charge in [-0.1, -0.05) is 6.92 Å². The highest BCUT2D eigenvalue weighted by molar-refractivity contribution is 5.76. The predicted octanol–water partition coefficient (Wildman–Crippen LogP) is 0.217. The summed E-state index contributed by atoms with van der Waals surface area (Å²) in [5.41, 5.74) is 0. The van der Waals surface area contributed by atoms with Crippen LogP contribution in [-0.2, 0) is 4.79 Å². The Hall–Kier alpha value is -0.570. The number of nitrogens with zero attached hydrogens (tertiary/aromatic N) is 1. The fourth-order valence-electron chi connectivity index (χ4n) is 1.34. The van der Waals surface area contributed by atoms with Gasteiger partial charge in [0.2, 0.25) is 5.91 Å². The van der Waals surface area contributed by atoms with E-state index in [-0.39, 0.29) is 5.91 Å². The molecule has 1 N–H and O–H groups in total. The van der Waals surface area contributed by atoms with Gasteiger partial charge in [-0.05, 0) is 6.42 Å². The van der Waals surface area contributed by atoms with E-state index in [1.807, 2.05) is 11.9 Å². The van der Waals surface area contributed by atoms with Gasteiger partial charge in [-0.2, -0.15) is 0 Å². The van der Waals surface area contributed by atoms with E-state index in [1.165, 1.54) is 0 Å². The van der Waals surface area contributed by atoms with E-state index >= 15 is 0 Å². The van der Waals surface area contributed by atoms with E-state index in [4.69, 9.17) is 0 Å². The number of carbonyl (C=O) groups excluding carboxylic acids is 1. The van der Waals surface area contributed by atoms with Gasteiger partial charge in [0.1, 0.15) is 0 Å². The minimum absolute atomic E-state index is 0.258. The standard InChI is InChI=1S/C8H16N2O/c1-3-7-6-10(2)8(11)4-5-9-7/h7,9H,3-6H2,1-2H3/t7-/m1/s1. The molecule has 0 aromatic heterocycles. The highest BCUT2D eigenvalue weighted by atomic mass is 16.2.